The van der Waals surface area contributed by atoms with Gasteiger partial charge in [0.25, 0.3) is 0 Å². The van der Waals surface area contributed by atoms with Crippen molar-refractivity contribution in [2.75, 3.05) is 19.8 Å². The van der Waals surface area contributed by atoms with Crippen LogP contribution in [0, 0.1) is 0 Å². The molecule has 0 saturated heterocycles. The Morgan fingerprint density at radius 3 is 1.70 bits per heavy atom. The van der Waals surface area contributed by atoms with Crippen LogP contribution in [0.3, 0.4) is 0 Å². The SMILES string of the molecule is CCCO.NCCCCO. The van der Waals surface area contributed by atoms with Crippen LogP contribution in [0.1, 0.15) is 26.2 Å². The quantitative estimate of drug-likeness (QED) is 0.497. The number of hydrogen-bond donors (Lipinski definition) is 3. The molecule has 0 aromatic heterocycles. The monoisotopic (exact) mass is 149 g/mol. The minimum absolute atomic E-state index is 0.275. The fraction of sp³-hybridized carbons (Fsp3) is 1.00. The summed E-state index contributed by atoms with van der Waals surface area (Å²) in [6, 6.07) is 0. The largest absolute Gasteiger partial charge is 0.396 e. The van der Waals surface area contributed by atoms with Crippen molar-refractivity contribution < 1.29 is 10.2 Å². The molecule has 0 saturated carbocycles. The predicted octanol–water partition coefficient (Wildman–Crippen LogP) is 0.106. The molecule has 0 heterocycles. The highest BCUT2D eigenvalue weighted by atomic mass is 16.3. The van der Waals surface area contributed by atoms with Gasteiger partial charge in [0.1, 0.15) is 0 Å². The Hall–Kier alpha value is -0.120. The topological polar surface area (TPSA) is 66.5 Å². The Morgan fingerprint density at radius 1 is 1.10 bits per heavy atom. The van der Waals surface area contributed by atoms with Crippen LogP contribution in [-0.4, -0.2) is 30.0 Å². The molecule has 0 amide bonds. The highest BCUT2D eigenvalue weighted by Gasteiger charge is 1.76. The van der Waals surface area contributed by atoms with E-state index in [4.69, 9.17) is 15.9 Å². The zero-order valence-electron chi connectivity index (χ0n) is 6.71. The molecule has 10 heavy (non-hydrogen) atoms. The minimum Gasteiger partial charge on any atom is -0.396 e. The van der Waals surface area contributed by atoms with Gasteiger partial charge in [-0.3, -0.25) is 0 Å². The normalized spacial score (nSPS) is 8.40. The molecule has 0 aliphatic rings. The molecule has 64 valence electrons. The lowest BCUT2D eigenvalue weighted by Gasteiger charge is -1.86. The molecule has 0 fully saturated rings. The number of unbranched alkanes of at least 4 members (excludes halogenated alkanes) is 1. The number of aliphatic hydroxyl groups is 2. The lowest BCUT2D eigenvalue weighted by Crippen LogP contribution is -1.98. The third-order valence-electron chi connectivity index (χ3n) is 0.836. The lowest BCUT2D eigenvalue weighted by atomic mass is 10.3. The van der Waals surface area contributed by atoms with Gasteiger partial charge < -0.3 is 15.9 Å². The maximum absolute atomic E-state index is 8.14. The van der Waals surface area contributed by atoms with E-state index >= 15 is 0 Å². The van der Waals surface area contributed by atoms with Gasteiger partial charge in [0.15, 0.2) is 0 Å². The smallest absolute Gasteiger partial charge is 0.0431 e. The fourth-order valence-corrected chi connectivity index (χ4v) is 0.256. The van der Waals surface area contributed by atoms with Gasteiger partial charge in [-0.2, -0.15) is 0 Å². The molecule has 0 aromatic rings. The summed E-state index contributed by atoms with van der Waals surface area (Å²) in [6.45, 7) is 3.22. The minimum atomic E-state index is 0.275. The van der Waals surface area contributed by atoms with Crippen molar-refractivity contribution in [3.63, 3.8) is 0 Å². The summed E-state index contributed by atoms with van der Waals surface area (Å²) in [7, 11) is 0. The van der Waals surface area contributed by atoms with E-state index in [0.29, 0.717) is 13.2 Å². The Bertz CT molecular complexity index is 36.6. The molecule has 0 aliphatic heterocycles. The molecule has 3 nitrogen and oxygen atoms in total. The molecule has 0 spiro atoms. The number of aliphatic hydroxyl groups excluding tert-OH is 2. The summed E-state index contributed by atoms with van der Waals surface area (Å²) in [6.07, 6.45) is 2.66. The van der Waals surface area contributed by atoms with Gasteiger partial charge in [0, 0.05) is 13.2 Å². The second kappa shape index (κ2) is 15.9. The summed E-state index contributed by atoms with van der Waals surface area (Å²) in [5.41, 5.74) is 5.10. The van der Waals surface area contributed by atoms with Crippen LogP contribution < -0.4 is 5.73 Å². The Morgan fingerprint density at radius 2 is 1.60 bits per heavy atom. The van der Waals surface area contributed by atoms with E-state index in [2.05, 4.69) is 0 Å². The summed E-state index contributed by atoms with van der Waals surface area (Å²) < 4.78 is 0. The van der Waals surface area contributed by atoms with Crippen LogP contribution >= 0.6 is 0 Å². The summed E-state index contributed by atoms with van der Waals surface area (Å²) in [5.74, 6) is 0. The van der Waals surface area contributed by atoms with Gasteiger partial charge in [0.05, 0.1) is 0 Å². The van der Waals surface area contributed by atoms with Crippen molar-refractivity contribution in [3.8, 4) is 0 Å². The average molecular weight is 149 g/mol. The first-order valence-electron chi connectivity index (χ1n) is 3.75. The molecule has 0 aromatic carbocycles. The molecule has 0 rings (SSSR count). The van der Waals surface area contributed by atoms with Gasteiger partial charge in [-0.1, -0.05) is 6.92 Å². The molecular weight excluding hydrogens is 130 g/mol. The standard InChI is InChI=1S/C4H11NO.C3H8O/c5-3-1-2-4-6;1-2-3-4/h6H,1-5H2;4H,2-3H2,1H3. The third kappa shape index (κ3) is 24.8. The van der Waals surface area contributed by atoms with Gasteiger partial charge in [-0.05, 0) is 25.8 Å². The van der Waals surface area contributed by atoms with Crippen molar-refractivity contribution in [1.29, 1.82) is 0 Å². The van der Waals surface area contributed by atoms with Crippen LogP contribution in [0.15, 0.2) is 0 Å². The number of nitrogens with two attached hydrogens (primary N) is 1. The van der Waals surface area contributed by atoms with Gasteiger partial charge in [0.2, 0.25) is 0 Å². The van der Waals surface area contributed by atoms with Crippen molar-refractivity contribution >= 4 is 0 Å². The summed E-state index contributed by atoms with van der Waals surface area (Å²) >= 11 is 0. The van der Waals surface area contributed by atoms with Crippen LogP contribution in [0.2, 0.25) is 0 Å². The lowest BCUT2D eigenvalue weighted by molar-refractivity contribution is 0.285. The van der Waals surface area contributed by atoms with Crippen LogP contribution in [0.4, 0.5) is 0 Å². The molecular formula is C7H19NO2. The van der Waals surface area contributed by atoms with Gasteiger partial charge in [-0.15, -0.1) is 0 Å². The van der Waals surface area contributed by atoms with Gasteiger partial charge in [-0.25, -0.2) is 0 Å². The molecule has 0 unspecified atom stereocenters. The van der Waals surface area contributed by atoms with E-state index in [1.807, 2.05) is 6.92 Å². The van der Waals surface area contributed by atoms with Gasteiger partial charge >= 0.3 is 0 Å². The van der Waals surface area contributed by atoms with E-state index < -0.39 is 0 Å². The Labute approximate surface area is 62.9 Å². The first-order valence-corrected chi connectivity index (χ1v) is 3.75. The van der Waals surface area contributed by atoms with Crippen molar-refractivity contribution in [2.24, 2.45) is 5.73 Å². The van der Waals surface area contributed by atoms with E-state index in [0.717, 1.165) is 19.3 Å². The molecule has 0 radical (unpaired) electrons. The summed E-state index contributed by atoms with van der Waals surface area (Å²) in [5, 5.41) is 16.0. The maximum atomic E-state index is 8.14. The van der Waals surface area contributed by atoms with E-state index in [1.54, 1.807) is 0 Å². The highest BCUT2D eigenvalue weighted by molar-refractivity contribution is 4.34. The first-order chi connectivity index (χ1) is 4.83. The van der Waals surface area contributed by atoms with Crippen LogP contribution in [0.25, 0.3) is 0 Å². The first kappa shape index (κ1) is 12.5. The zero-order valence-corrected chi connectivity index (χ0v) is 6.71. The number of hydrogen-bond acceptors (Lipinski definition) is 3. The summed E-state index contributed by atoms with van der Waals surface area (Å²) in [4.78, 5) is 0. The Balaban J connectivity index is 0. The van der Waals surface area contributed by atoms with Crippen LogP contribution in [-0.2, 0) is 0 Å². The van der Waals surface area contributed by atoms with E-state index in [-0.39, 0.29) is 6.61 Å². The predicted molar refractivity (Wildman–Crippen MR) is 42.8 cm³/mol. The molecule has 0 atom stereocenters. The second-order valence-corrected chi connectivity index (χ2v) is 1.94. The molecule has 4 N–H and O–H groups in total. The van der Waals surface area contributed by atoms with Crippen molar-refractivity contribution in [2.45, 2.75) is 26.2 Å². The molecule has 0 bridgehead atoms. The maximum Gasteiger partial charge on any atom is 0.0431 e. The zero-order chi connectivity index (χ0) is 8.24. The van der Waals surface area contributed by atoms with Crippen molar-refractivity contribution in [1.82, 2.24) is 0 Å². The Kier molecular flexibility index (Phi) is 20.0. The number of rotatable bonds is 4. The second-order valence-electron chi connectivity index (χ2n) is 1.94. The van der Waals surface area contributed by atoms with Crippen molar-refractivity contribution in [3.05, 3.63) is 0 Å². The highest BCUT2D eigenvalue weighted by Crippen LogP contribution is 1.79. The average Bonchev–Trinajstić information content (AvgIpc) is 2.01. The third-order valence-corrected chi connectivity index (χ3v) is 0.836. The van der Waals surface area contributed by atoms with E-state index in [1.165, 1.54) is 0 Å². The van der Waals surface area contributed by atoms with Crippen LogP contribution in [0.5, 0.6) is 0 Å². The molecule has 0 aliphatic carbocycles. The molecule has 3 heteroatoms. The fourth-order valence-electron chi connectivity index (χ4n) is 0.256. The van der Waals surface area contributed by atoms with E-state index in [9.17, 15) is 0 Å².